The topological polar surface area (TPSA) is 704 Å². The molecule has 5 aliphatic carbocycles. The zero-order valence-electron chi connectivity index (χ0n) is 93.1. The second kappa shape index (κ2) is 152. The molecule has 5 atom stereocenters. The van der Waals surface area contributed by atoms with Crippen molar-refractivity contribution in [1.82, 2.24) is 0 Å². The highest BCUT2D eigenvalue weighted by molar-refractivity contribution is 8.00. The van der Waals surface area contributed by atoms with Gasteiger partial charge in [0, 0.05) is 117 Å². The molecule has 3 saturated carbocycles. The third kappa shape index (κ3) is 238. The molecule has 5 unspecified atom stereocenters. The summed E-state index contributed by atoms with van der Waals surface area (Å²) in [6.45, 7) is 56.6. The third-order valence-electron chi connectivity index (χ3n) is 17.4. The summed E-state index contributed by atoms with van der Waals surface area (Å²) in [4.78, 5) is 0. The van der Waals surface area contributed by atoms with Gasteiger partial charge in [-0.3, -0.25) is 0 Å². The predicted octanol–water partition coefficient (Wildman–Crippen LogP) is 13.5. The van der Waals surface area contributed by atoms with Gasteiger partial charge in [0.25, 0.3) is 0 Å². The summed E-state index contributed by atoms with van der Waals surface area (Å²) in [5.41, 5.74) is 145. The van der Waals surface area contributed by atoms with Crippen LogP contribution in [0.4, 0.5) is 0 Å². The van der Waals surface area contributed by atoms with Crippen molar-refractivity contribution in [3.05, 3.63) is 111 Å². The summed E-state index contributed by atoms with van der Waals surface area (Å²) in [5, 5.41) is 0.453. The molecule has 0 aromatic rings. The van der Waals surface area contributed by atoms with E-state index < -0.39 is 8.07 Å². The van der Waals surface area contributed by atoms with Crippen LogP contribution in [0, 0.1) is 29.7 Å². The average Bonchev–Trinajstić information content (AvgIpc) is 1.60. The molecule has 11 aliphatic rings. The van der Waals surface area contributed by atoms with Crippen LogP contribution >= 0.6 is 35.3 Å². The molecule has 6 aliphatic heterocycles. The van der Waals surface area contributed by atoms with E-state index >= 15 is 0 Å². The summed E-state index contributed by atoms with van der Waals surface area (Å²) < 4.78 is 15.2. The first-order valence-electron chi connectivity index (χ1n) is 51.9. The lowest BCUT2D eigenvalue weighted by atomic mass is 9.95. The Morgan fingerprint density at radius 1 is 0.511 bits per heavy atom. The van der Waals surface area contributed by atoms with E-state index in [-0.39, 0.29) is 11.8 Å². The van der Waals surface area contributed by atoms with Crippen LogP contribution in [0.1, 0.15) is 321 Å². The van der Waals surface area contributed by atoms with E-state index in [0.29, 0.717) is 91.8 Å². The van der Waals surface area contributed by atoms with Crippen molar-refractivity contribution in [2.75, 3.05) is 121 Å². The highest BCUT2D eigenvalue weighted by atomic mass is 32.2. The van der Waals surface area contributed by atoms with Gasteiger partial charge >= 0.3 is 0 Å². The van der Waals surface area contributed by atoms with Crippen LogP contribution in [0.15, 0.2) is 111 Å². The monoisotopic (exact) mass is 2050 g/mol. The number of hydrogen-bond donors (Lipinski definition) is 26. The molecular formula is C106H242N26O3S3Si. The molecule has 9 fully saturated rings. The van der Waals surface area contributed by atoms with Crippen LogP contribution in [0.5, 0.6) is 0 Å². The van der Waals surface area contributed by atoms with Crippen molar-refractivity contribution in [3.8, 4) is 23.8 Å². The van der Waals surface area contributed by atoms with Crippen LogP contribution in [-0.2, 0) is 14.2 Å². The van der Waals surface area contributed by atoms with Gasteiger partial charge in [0.1, 0.15) is 14.3 Å². The highest BCUT2D eigenvalue weighted by Gasteiger charge is 2.13. The Hall–Kier alpha value is -4.09. The van der Waals surface area contributed by atoms with Gasteiger partial charge in [-0.05, 0) is 307 Å². The van der Waals surface area contributed by atoms with Gasteiger partial charge in [0.05, 0.1) is 25.1 Å². The van der Waals surface area contributed by atoms with Gasteiger partial charge < -0.3 is 163 Å². The molecule has 0 aromatic carbocycles. The maximum Gasteiger partial charge on any atom is 0.129 e. The fourth-order valence-electron chi connectivity index (χ4n) is 9.27. The number of hydrogen-bond acceptors (Lipinski definition) is 32. The number of ether oxygens (including phenoxy) is 3. The normalized spacial score (nSPS) is 18.4. The largest absolute Gasteiger partial charge is 0.405 e. The number of terminal acetylenes is 1. The molecule has 6 heterocycles. The number of rotatable bonds is 8. The molecule has 0 bridgehead atoms. The molecule has 29 nitrogen and oxygen atoms in total. The summed E-state index contributed by atoms with van der Waals surface area (Å²) in [6, 6.07) is 4.10. The van der Waals surface area contributed by atoms with Gasteiger partial charge in [-0.2, -0.15) is 23.5 Å². The second-order valence-corrected chi connectivity index (χ2v) is 44.5. The minimum absolute atomic E-state index is 0. The Balaban J connectivity index is -0.0000000889. The molecule has 0 radical (unpaired) electrons. The van der Waals surface area contributed by atoms with Crippen molar-refractivity contribution < 1.29 is 14.2 Å². The fourth-order valence-corrected chi connectivity index (χ4v) is 13.1. The Bertz CT molecular complexity index is 2340. The lowest BCUT2D eigenvalue weighted by molar-refractivity contribution is 0.0206. The fraction of sp³-hybridized carbons (Fsp3) is 0.792. The zero-order valence-corrected chi connectivity index (χ0v) is 96.5. The first kappa shape index (κ1) is 168. The molecule has 6 saturated heterocycles. The minimum atomic E-state index is -1.12. The van der Waals surface area contributed by atoms with Crippen molar-refractivity contribution in [1.29, 1.82) is 0 Å². The molecule has 0 amide bonds. The van der Waals surface area contributed by atoms with Crippen molar-refractivity contribution in [3.63, 3.8) is 0 Å². The number of nitrogens with two attached hydrogens (primary N) is 26. The van der Waals surface area contributed by atoms with Crippen LogP contribution in [-0.4, -0.2) is 201 Å². The maximum atomic E-state index is 5.63. The standard InChI is InChI=1S/C6H13NSi.C6H13N.C6H11N.3C5H11NO.3C5H11NS.C5H11N.C5H9N.C4H9N.4C4H11N.2C4H7N.2C3H9N.C3H7N.2C3H5N.C2H7N.C2H5N.CH5N/c1-8(2,3)6-4-5-7;2*7-6-4-2-1-3-5-6;6-5-1-3-7-4-2-5;6-5-2-1-3-7-4-5;6-5-3-1-2-4-7-5;6-5-1-3-7-4-2-5;6-5-2-1-3-7-4-5;6-5-3-1-2-4-7-5;2*6-5-3-1-2-4-5;5-4-2-1-3-4;1-4(2,3)5;1-4(2)3-5;1-3-4(2)5;3*1-2-3-4-5;1-3(2)4;4*1-2-3-4;2*1-2-3;1-2/h5,7H2,1-3H3;6H,1-5,7H2;4H,1-3,5,7H2;6*5H,1-4,6H2;5H,1-4,6H2;3H,1-2,4,6H2;4H,1-3,5H2;5H2,1-3H3;2*4H,3,5H2,1-2H3;2-5H2,1H3;3H,1,4-5H2;2-4H,1,5H2;3H,4H2,1-2H3;2-4H2,1H3;2H,1,3-4H2;3H,1,4H2;1H,3-4H2;2-3H2,1H3;2H,1,3H2;2H2,1H3. The van der Waals surface area contributed by atoms with Crippen LogP contribution < -0.4 is 149 Å². The van der Waals surface area contributed by atoms with E-state index in [1.807, 2.05) is 83.8 Å². The number of unbranched alkanes of at least 4 members (excludes halogenated alkanes) is 1. The van der Waals surface area contributed by atoms with Gasteiger partial charge in [-0.25, -0.2) is 0 Å². The quantitative estimate of drug-likeness (QED) is 0.0353. The highest BCUT2D eigenvalue weighted by Crippen LogP contribution is 2.21. The second-order valence-electron chi connectivity index (χ2n) is 36.0. The van der Waals surface area contributed by atoms with Gasteiger partial charge in [0.15, 0.2) is 0 Å². The molecular weight excluding hydrogens is 1810 g/mol. The molecule has 836 valence electrons. The number of allylic oxidation sites excluding steroid dienone is 6. The molecule has 0 aromatic heterocycles. The minimum Gasteiger partial charge on any atom is -0.405 e. The average molecular weight is 2050 g/mol. The van der Waals surface area contributed by atoms with Crippen LogP contribution in [0.3, 0.4) is 0 Å². The van der Waals surface area contributed by atoms with Crippen LogP contribution in [0.25, 0.3) is 0 Å². The van der Waals surface area contributed by atoms with E-state index in [4.69, 9.17) is 152 Å². The van der Waals surface area contributed by atoms with Gasteiger partial charge in [-0.15, -0.1) is 41.8 Å². The lowest BCUT2D eigenvalue weighted by Gasteiger charge is -2.18. The third-order valence-corrected chi connectivity index (χ3v) is 21.8. The van der Waals surface area contributed by atoms with Crippen LogP contribution in [0.2, 0.25) is 19.6 Å². The van der Waals surface area contributed by atoms with Crippen molar-refractivity contribution in [2.24, 2.45) is 155 Å². The Morgan fingerprint density at radius 3 is 1.06 bits per heavy atom. The Labute approximate surface area is 874 Å². The van der Waals surface area contributed by atoms with E-state index in [2.05, 4.69) is 146 Å². The van der Waals surface area contributed by atoms with E-state index in [9.17, 15) is 0 Å². The smallest absolute Gasteiger partial charge is 0.129 e. The zero-order chi connectivity index (χ0) is 110. The number of thioether (sulfide) groups is 3. The molecule has 0 spiro atoms. The Kier molecular flexibility index (Phi) is 184. The molecule has 52 N–H and O–H groups in total. The molecule has 11 rings (SSSR count). The van der Waals surface area contributed by atoms with Crippen molar-refractivity contribution >= 4 is 43.4 Å². The van der Waals surface area contributed by atoms with E-state index in [1.54, 1.807) is 24.3 Å². The van der Waals surface area contributed by atoms with Gasteiger partial charge in [0.2, 0.25) is 0 Å². The van der Waals surface area contributed by atoms with Gasteiger partial charge in [-0.1, -0.05) is 189 Å². The lowest BCUT2D eigenvalue weighted by Crippen LogP contribution is -2.30. The van der Waals surface area contributed by atoms with E-state index in [1.165, 1.54) is 234 Å². The summed E-state index contributed by atoms with van der Waals surface area (Å²) in [6.07, 6.45) is 65.2. The summed E-state index contributed by atoms with van der Waals surface area (Å²) in [7, 11) is 0.381. The summed E-state index contributed by atoms with van der Waals surface area (Å²) >= 11 is 5.89. The first-order valence-corrected chi connectivity index (χ1v) is 58.7. The first-order chi connectivity index (χ1) is 65.9. The van der Waals surface area contributed by atoms with E-state index in [0.717, 1.165) is 128 Å². The SMILES string of the molecule is C#CCN.C=C=CCN.C=C=CN.C=CC=CN.C=CCN.C=CN.CC(C)(C)N.CC(C)CN.CC(C)N.CCC(C)N.CCCCN.CCCN.CCN.CN.C[Si](C)(C)C#CCN.NC1=CCCC1.NC1=CCCCC1.NC1CCC1.NC1CCCC1.NC1CCCCC1.NC1CCCCO1.NC1CCCCS1.NC1CCCOC1.NC1CCCSC1.NC1CCOCC1.NC1CCSCC1. The van der Waals surface area contributed by atoms with Crippen molar-refractivity contribution in [2.45, 2.75) is 412 Å². The summed E-state index contributed by atoms with van der Waals surface area (Å²) in [5.74, 6) is 12.1. The Morgan fingerprint density at radius 2 is 0.921 bits per heavy atom. The molecule has 33 heteroatoms. The maximum absolute atomic E-state index is 5.63. The molecule has 139 heavy (non-hydrogen) atoms. The predicted molar refractivity (Wildman–Crippen MR) is 639 cm³/mol.